The van der Waals surface area contributed by atoms with Crippen molar-refractivity contribution in [3.05, 3.63) is 35.4 Å². The van der Waals surface area contributed by atoms with E-state index in [4.69, 9.17) is 11.6 Å². The molecule has 0 aliphatic heterocycles. The van der Waals surface area contributed by atoms with Crippen molar-refractivity contribution in [1.82, 2.24) is 0 Å². The first-order valence-corrected chi connectivity index (χ1v) is 3.80. The van der Waals surface area contributed by atoms with Gasteiger partial charge in [-0.3, -0.25) is 4.79 Å². The lowest BCUT2D eigenvalue weighted by Gasteiger charge is -2.03. The van der Waals surface area contributed by atoms with E-state index in [2.05, 4.69) is 5.10 Å². The summed E-state index contributed by atoms with van der Waals surface area (Å²) in [6.45, 7) is 1.47. The van der Waals surface area contributed by atoms with Crippen molar-refractivity contribution in [2.24, 2.45) is 16.7 Å². The molecular weight excluding hydrogens is 166 g/mol. The summed E-state index contributed by atoms with van der Waals surface area (Å²) in [5.74, 6) is 5.14. The zero-order valence-electron chi connectivity index (χ0n) is 7.32. The maximum Gasteiger partial charge on any atom is 0.160 e. The second-order valence-electron chi connectivity index (χ2n) is 2.62. The van der Waals surface area contributed by atoms with Gasteiger partial charge in [0.1, 0.15) is 0 Å². The van der Waals surface area contributed by atoms with Gasteiger partial charge in [0.15, 0.2) is 11.6 Å². The predicted molar refractivity (Wildman–Crippen MR) is 51.4 cm³/mol. The molecule has 0 saturated heterocycles. The number of Topliss-reactive ketones (excluding diaryl/α,β-unsaturated/α-hetero) is 1. The summed E-state index contributed by atoms with van der Waals surface area (Å²) >= 11 is 0. The Kier molecular flexibility index (Phi) is 2.64. The van der Waals surface area contributed by atoms with E-state index in [9.17, 15) is 4.79 Å². The molecular formula is C9H11N3O. The van der Waals surface area contributed by atoms with E-state index >= 15 is 0 Å². The summed E-state index contributed by atoms with van der Waals surface area (Å²) < 4.78 is 0. The Morgan fingerprint density at radius 3 is 2.31 bits per heavy atom. The quantitative estimate of drug-likeness (QED) is 0.226. The minimum atomic E-state index is -0.0535. The first-order valence-electron chi connectivity index (χ1n) is 3.80. The van der Waals surface area contributed by atoms with E-state index in [1.165, 1.54) is 6.92 Å². The number of ketones is 1. The van der Waals surface area contributed by atoms with Crippen LogP contribution in [0.4, 0.5) is 0 Å². The zero-order chi connectivity index (χ0) is 9.84. The molecule has 0 spiro atoms. The number of carbonyl (C=O) groups excluding carboxylic acids is 1. The Morgan fingerprint density at radius 2 is 1.85 bits per heavy atom. The van der Waals surface area contributed by atoms with Crippen LogP contribution in [0.15, 0.2) is 29.4 Å². The maximum absolute atomic E-state index is 11.1. The second kappa shape index (κ2) is 3.71. The van der Waals surface area contributed by atoms with Crippen LogP contribution in [-0.4, -0.2) is 11.6 Å². The summed E-state index contributed by atoms with van der Waals surface area (Å²) in [5.41, 5.74) is 6.62. The van der Waals surface area contributed by atoms with Crippen LogP contribution >= 0.6 is 0 Å². The minimum absolute atomic E-state index is 0.0535. The topological polar surface area (TPSA) is 81.5 Å². The molecule has 0 atom stereocenters. The summed E-state index contributed by atoms with van der Waals surface area (Å²) in [7, 11) is 0. The standard InChI is InChI=1S/C9H11N3O/c1-6(13)7-4-2-3-5-8(7)9(10)12-11/h2-5H,11H2,1H3,(H2,10,12). The lowest BCUT2D eigenvalue weighted by atomic mass is 10.0. The van der Waals surface area contributed by atoms with Crippen LogP contribution < -0.4 is 11.6 Å². The Bertz CT molecular complexity index is 358. The zero-order valence-corrected chi connectivity index (χ0v) is 7.32. The van der Waals surface area contributed by atoms with Gasteiger partial charge in [-0.1, -0.05) is 24.3 Å². The molecule has 68 valence electrons. The molecule has 0 fully saturated rings. The molecule has 1 aromatic rings. The van der Waals surface area contributed by atoms with Gasteiger partial charge in [-0.05, 0) is 6.92 Å². The van der Waals surface area contributed by atoms with Crippen molar-refractivity contribution >= 4 is 11.6 Å². The molecule has 4 heteroatoms. The number of hydrogen-bond acceptors (Lipinski definition) is 3. The highest BCUT2D eigenvalue weighted by Gasteiger charge is 2.08. The Labute approximate surface area is 76.2 Å². The van der Waals surface area contributed by atoms with Gasteiger partial charge < -0.3 is 11.6 Å². The van der Waals surface area contributed by atoms with Crippen LogP contribution in [0, 0.1) is 0 Å². The van der Waals surface area contributed by atoms with Gasteiger partial charge in [0.2, 0.25) is 0 Å². The summed E-state index contributed by atoms with van der Waals surface area (Å²) in [4.78, 5) is 11.1. The van der Waals surface area contributed by atoms with E-state index in [0.29, 0.717) is 11.1 Å². The van der Waals surface area contributed by atoms with Crippen LogP contribution in [0.5, 0.6) is 0 Å². The molecule has 0 saturated carbocycles. The van der Waals surface area contributed by atoms with Gasteiger partial charge in [0.05, 0.1) is 0 Å². The fourth-order valence-electron chi connectivity index (χ4n) is 1.08. The summed E-state index contributed by atoms with van der Waals surface area (Å²) in [5, 5.41) is 3.34. The molecule has 4 nitrogen and oxygen atoms in total. The molecule has 1 rings (SSSR count). The Balaban J connectivity index is 3.28. The predicted octanol–water partition coefficient (Wildman–Crippen LogP) is 0.468. The number of carbonyl (C=O) groups is 1. The first-order chi connectivity index (χ1) is 6.16. The van der Waals surface area contributed by atoms with Gasteiger partial charge >= 0.3 is 0 Å². The molecule has 4 N–H and O–H groups in total. The van der Waals surface area contributed by atoms with Gasteiger partial charge in [0, 0.05) is 11.1 Å². The van der Waals surface area contributed by atoms with Gasteiger partial charge in [-0.15, -0.1) is 0 Å². The average Bonchev–Trinajstić information content (AvgIpc) is 2.16. The van der Waals surface area contributed by atoms with Crippen molar-refractivity contribution in [1.29, 1.82) is 0 Å². The number of hydrogen-bond donors (Lipinski definition) is 2. The number of rotatable bonds is 2. The number of benzene rings is 1. The number of amidine groups is 1. The third kappa shape index (κ3) is 1.84. The van der Waals surface area contributed by atoms with Crippen LogP contribution in [-0.2, 0) is 0 Å². The molecule has 0 aromatic heterocycles. The molecule has 13 heavy (non-hydrogen) atoms. The lowest BCUT2D eigenvalue weighted by molar-refractivity contribution is 0.101. The summed E-state index contributed by atoms with van der Waals surface area (Å²) in [6, 6.07) is 6.95. The van der Waals surface area contributed by atoms with Crippen LogP contribution in [0.25, 0.3) is 0 Å². The van der Waals surface area contributed by atoms with Crippen LogP contribution in [0.3, 0.4) is 0 Å². The molecule has 0 aliphatic carbocycles. The first kappa shape index (κ1) is 9.25. The van der Waals surface area contributed by atoms with Crippen LogP contribution in [0.1, 0.15) is 22.8 Å². The molecule has 1 aromatic carbocycles. The highest BCUT2D eigenvalue weighted by molar-refractivity contribution is 6.08. The molecule has 0 amide bonds. The highest BCUT2D eigenvalue weighted by atomic mass is 16.1. The second-order valence-corrected chi connectivity index (χ2v) is 2.62. The SMILES string of the molecule is CC(=O)c1ccccc1C(N)=NN. The third-order valence-electron chi connectivity index (χ3n) is 1.72. The van der Waals surface area contributed by atoms with Crippen molar-refractivity contribution in [3.8, 4) is 0 Å². The van der Waals surface area contributed by atoms with Crippen molar-refractivity contribution < 1.29 is 4.79 Å². The minimum Gasteiger partial charge on any atom is -0.382 e. The van der Waals surface area contributed by atoms with Crippen molar-refractivity contribution in [3.63, 3.8) is 0 Å². The number of nitrogens with zero attached hydrogens (tertiary/aromatic N) is 1. The molecule has 0 unspecified atom stereocenters. The van der Waals surface area contributed by atoms with E-state index in [0.717, 1.165) is 0 Å². The molecule has 0 heterocycles. The highest BCUT2D eigenvalue weighted by Crippen LogP contribution is 2.08. The maximum atomic E-state index is 11.1. The van der Waals surface area contributed by atoms with Crippen LogP contribution in [0.2, 0.25) is 0 Å². The molecule has 0 bridgehead atoms. The smallest absolute Gasteiger partial charge is 0.160 e. The fraction of sp³-hybridized carbons (Fsp3) is 0.111. The fourth-order valence-corrected chi connectivity index (χ4v) is 1.08. The van der Waals surface area contributed by atoms with E-state index in [1.807, 2.05) is 0 Å². The average molecular weight is 177 g/mol. The molecule has 0 radical (unpaired) electrons. The van der Waals surface area contributed by atoms with Gasteiger partial charge in [0.25, 0.3) is 0 Å². The van der Waals surface area contributed by atoms with Gasteiger partial charge in [-0.25, -0.2) is 0 Å². The lowest BCUT2D eigenvalue weighted by Crippen LogP contribution is -2.18. The Morgan fingerprint density at radius 1 is 1.31 bits per heavy atom. The van der Waals surface area contributed by atoms with E-state index < -0.39 is 0 Å². The molecule has 0 aliphatic rings. The van der Waals surface area contributed by atoms with E-state index in [1.54, 1.807) is 24.3 Å². The monoisotopic (exact) mass is 177 g/mol. The van der Waals surface area contributed by atoms with E-state index in [-0.39, 0.29) is 11.6 Å². The van der Waals surface area contributed by atoms with Crippen molar-refractivity contribution in [2.75, 3.05) is 0 Å². The summed E-state index contributed by atoms with van der Waals surface area (Å²) in [6.07, 6.45) is 0. The third-order valence-corrected chi connectivity index (χ3v) is 1.72. The normalized spacial score (nSPS) is 11.3. The number of nitrogens with two attached hydrogens (primary N) is 2. The van der Waals surface area contributed by atoms with Crippen molar-refractivity contribution in [2.45, 2.75) is 6.92 Å². The number of hydrazone groups is 1. The largest absolute Gasteiger partial charge is 0.382 e. The Hall–Kier alpha value is -1.84. The van der Waals surface area contributed by atoms with Gasteiger partial charge in [-0.2, -0.15) is 5.10 Å².